The third kappa shape index (κ3) is 3.01. The number of hydrogen-bond donors (Lipinski definition) is 1. The van der Waals surface area contributed by atoms with Gasteiger partial charge in [-0.15, -0.1) is 0 Å². The molecule has 1 aromatic rings. The Balaban J connectivity index is 1.74. The molecule has 0 saturated carbocycles. The lowest BCUT2D eigenvalue weighted by Crippen LogP contribution is -2.46. The highest BCUT2D eigenvalue weighted by Crippen LogP contribution is 2.31. The normalized spacial score (nSPS) is 30.0. The molecule has 0 aliphatic carbocycles. The van der Waals surface area contributed by atoms with Gasteiger partial charge >= 0.3 is 0 Å². The summed E-state index contributed by atoms with van der Waals surface area (Å²) < 4.78 is 0. The van der Waals surface area contributed by atoms with Crippen LogP contribution in [-0.4, -0.2) is 48.1 Å². The van der Waals surface area contributed by atoms with Gasteiger partial charge in [0.05, 0.1) is 0 Å². The van der Waals surface area contributed by atoms with Gasteiger partial charge in [0, 0.05) is 37.3 Å². The molecular formula is C18H29N3. The zero-order valence-corrected chi connectivity index (χ0v) is 13.4. The maximum Gasteiger partial charge on any atom is 0.0453 e. The fourth-order valence-electron chi connectivity index (χ4n) is 4.27. The Morgan fingerprint density at radius 1 is 1.14 bits per heavy atom. The van der Waals surface area contributed by atoms with E-state index in [4.69, 9.17) is 5.73 Å². The van der Waals surface area contributed by atoms with Crippen LogP contribution in [-0.2, 0) is 0 Å². The van der Waals surface area contributed by atoms with Crippen molar-refractivity contribution in [2.45, 2.75) is 56.8 Å². The van der Waals surface area contributed by atoms with Crippen molar-refractivity contribution in [3.05, 3.63) is 35.9 Å². The van der Waals surface area contributed by atoms with Gasteiger partial charge in [0.15, 0.2) is 0 Å². The monoisotopic (exact) mass is 287 g/mol. The van der Waals surface area contributed by atoms with Crippen molar-refractivity contribution in [3.8, 4) is 0 Å². The molecule has 2 aliphatic rings. The number of benzene rings is 1. The van der Waals surface area contributed by atoms with E-state index in [1.807, 2.05) is 0 Å². The van der Waals surface area contributed by atoms with Crippen molar-refractivity contribution in [1.29, 1.82) is 0 Å². The van der Waals surface area contributed by atoms with E-state index in [1.165, 1.54) is 37.9 Å². The van der Waals surface area contributed by atoms with E-state index in [9.17, 15) is 0 Å². The van der Waals surface area contributed by atoms with Gasteiger partial charge in [-0.2, -0.15) is 0 Å². The molecular weight excluding hydrogens is 258 g/mol. The molecule has 21 heavy (non-hydrogen) atoms. The minimum Gasteiger partial charge on any atom is -0.323 e. The highest BCUT2D eigenvalue weighted by Gasteiger charge is 2.37. The predicted molar refractivity (Wildman–Crippen MR) is 88.2 cm³/mol. The van der Waals surface area contributed by atoms with Crippen LogP contribution in [0.1, 0.15) is 44.2 Å². The number of likely N-dealkylation sites (N-methyl/N-ethyl adjacent to an activating group) is 1. The van der Waals surface area contributed by atoms with Gasteiger partial charge in [0.2, 0.25) is 0 Å². The van der Waals surface area contributed by atoms with Gasteiger partial charge in [-0.05, 0) is 38.3 Å². The Kier molecular flexibility index (Phi) is 4.63. The van der Waals surface area contributed by atoms with E-state index in [1.54, 1.807) is 0 Å². The van der Waals surface area contributed by atoms with Gasteiger partial charge in [-0.3, -0.25) is 9.80 Å². The van der Waals surface area contributed by atoms with Crippen LogP contribution >= 0.6 is 0 Å². The van der Waals surface area contributed by atoms with Crippen molar-refractivity contribution >= 4 is 0 Å². The molecule has 2 heterocycles. The topological polar surface area (TPSA) is 32.5 Å². The molecule has 2 N–H and O–H groups in total. The van der Waals surface area contributed by atoms with Gasteiger partial charge < -0.3 is 5.73 Å². The fraction of sp³-hybridized carbons (Fsp3) is 0.667. The van der Waals surface area contributed by atoms with Crippen molar-refractivity contribution in [2.75, 3.05) is 20.1 Å². The van der Waals surface area contributed by atoms with Crippen molar-refractivity contribution in [3.63, 3.8) is 0 Å². The SMILES string of the molecule is CCC(C(N)c1ccccc1)N1CCC2CCC(C1)N2C. The fourth-order valence-corrected chi connectivity index (χ4v) is 4.27. The zero-order valence-electron chi connectivity index (χ0n) is 13.4. The number of likely N-dealkylation sites (tertiary alicyclic amines) is 1. The molecule has 4 unspecified atom stereocenters. The third-order valence-electron chi connectivity index (χ3n) is 5.67. The molecule has 3 heteroatoms. The molecule has 2 aliphatic heterocycles. The maximum atomic E-state index is 6.61. The summed E-state index contributed by atoms with van der Waals surface area (Å²) in [6.45, 7) is 4.66. The lowest BCUT2D eigenvalue weighted by atomic mass is 9.95. The standard InChI is InChI=1S/C18H29N3/c1-3-17(18(19)14-7-5-4-6-8-14)21-12-11-15-9-10-16(13-21)20(15)2/h4-8,15-18H,3,9-13,19H2,1-2H3. The van der Waals surface area contributed by atoms with E-state index in [2.05, 4.69) is 54.1 Å². The summed E-state index contributed by atoms with van der Waals surface area (Å²) in [7, 11) is 2.31. The number of fused-ring (bicyclic) bond motifs is 2. The molecule has 3 nitrogen and oxygen atoms in total. The number of rotatable bonds is 4. The summed E-state index contributed by atoms with van der Waals surface area (Å²) in [6, 6.07) is 12.7. The average Bonchev–Trinajstić information content (AvgIpc) is 2.76. The number of nitrogens with zero attached hydrogens (tertiary/aromatic N) is 2. The van der Waals surface area contributed by atoms with E-state index in [0.717, 1.165) is 18.5 Å². The Hall–Kier alpha value is -0.900. The summed E-state index contributed by atoms with van der Waals surface area (Å²) in [4.78, 5) is 5.28. The molecule has 3 rings (SSSR count). The summed E-state index contributed by atoms with van der Waals surface area (Å²) in [5, 5.41) is 0. The summed E-state index contributed by atoms with van der Waals surface area (Å²) in [5.41, 5.74) is 7.88. The first-order chi connectivity index (χ1) is 10.2. The van der Waals surface area contributed by atoms with Crippen molar-refractivity contribution < 1.29 is 0 Å². The third-order valence-corrected chi connectivity index (χ3v) is 5.67. The second-order valence-corrected chi connectivity index (χ2v) is 6.75. The predicted octanol–water partition coefficient (Wildman–Crippen LogP) is 2.63. The lowest BCUT2D eigenvalue weighted by Gasteiger charge is -2.36. The van der Waals surface area contributed by atoms with Crippen molar-refractivity contribution in [1.82, 2.24) is 9.80 Å². The molecule has 0 amide bonds. The Labute approximate surface area is 129 Å². The molecule has 2 saturated heterocycles. The maximum absolute atomic E-state index is 6.61. The zero-order chi connectivity index (χ0) is 14.8. The molecule has 2 bridgehead atoms. The molecule has 2 fully saturated rings. The molecule has 116 valence electrons. The summed E-state index contributed by atoms with van der Waals surface area (Å²) in [6.07, 6.45) is 5.16. The van der Waals surface area contributed by atoms with Crippen LogP contribution in [0.25, 0.3) is 0 Å². The second-order valence-electron chi connectivity index (χ2n) is 6.75. The van der Waals surface area contributed by atoms with Crippen molar-refractivity contribution in [2.24, 2.45) is 5.73 Å². The Bertz CT molecular complexity index is 447. The molecule has 4 atom stereocenters. The van der Waals surface area contributed by atoms with E-state index >= 15 is 0 Å². The van der Waals surface area contributed by atoms with Crippen LogP contribution in [0.4, 0.5) is 0 Å². The van der Waals surface area contributed by atoms with Crippen LogP contribution in [0.15, 0.2) is 30.3 Å². The minimum atomic E-state index is 0.123. The average molecular weight is 287 g/mol. The smallest absolute Gasteiger partial charge is 0.0453 e. The highest BCUT2D eigenvalue weighted by molar-refractivity contribution is 5.20. The first-order valence-corrected chi connectivity index (χ1v) is 8.47. The van der Waals surface area contributed by atoms with E-state index in [-0.39, 0.29) is 6.04 Å². The van der Waals surface area contributed by atoms with Crippen LogP contribution in [0.5, 0.6) is 0 Å². The summed E-state index contributed by atoms with van der Waals surface area (Å²) in [5.74, 6) is 0. The molecule has 0 spiro atoms. The van der Waals surface area contributed by atoms with Gasteiger partial charge in [-0.1, -0.05) is 37.3 Å². The first-order valence-electron chi connectivity index (χ1n) is 8.47. The molecule has 1 aromatic carbocycles. The first kappa shape index (κ1) is 15.0. The number of hydrogen-bond acceptors (Lipinski definition) is 3. The van der Waals surface area contributed by atoms with Crippen LogP contribution < -0.4 is 5.73 Å². The van der Waals surface area contributed by atoms with Crippen LogP contribution in [0, 0.1) is 0 Å². The Morgan fingerprint density at radius 2 is 1.86 bits per heavy atom. The highest BCUT2D eigenvalue weighted by atomic mass is 15.3. The minimum absolute atomic E-state index is 0.123. The van der Waals surface area contributed by atoms with E-state index in [0.29, 0.717) is 6.04 Å². The molecule has 0 aromatic heterocycles. The number of nitrogens with two attached hydrogens (primary N) is 1. The van der Waals surface area contributed by atoms with Gasteiger partial charge in [0.1, 0.15) is 0 Å². The Morgan fingerprint density at radius 3 is 2.57 bits per heavy atom. The van der Waals surface area contributed by atoms with Crippen LogP contribution in [0.2, 0.25) is 0 Å². The van der Waals surface area contributed by atoms with Gasteiger partial charge in [-0.25, -0.2) is 0 Å². The van der Waals surface area contributed by atoms with Gasteiger partial charge in [0.25, 0.3) is 0 Å². The van der Waals surface area contributed by atoms with Crippen LogP contribution in [0.3, 0.4) is 0 Å². The molecule has 0 radical (unpaired) electrons. The lowest BCUT2D eigenvalue weighted by molar-refractivity contribution is 0.147. The quantitative estimate of drug-likeness (QED) is 0.924. The summed E-state index contributed by atoms with van der Waals surface area (Å²) >= 11 is 0. The van der Waals surface area contributed by atoms with E-state index < -0.39 is 0 Å². The largest absolute Gasteiger partial charge is 0.323 e. The second kappa shape index (κ2) is 6.47.